The third kappa shape index (κ3) is 4.94. The number of hydrogen-bond acceptors (Lipinski definition) is 7. The molecule has 4 heterocycles. The van der Waals surface area contributed by atoms with Gasteiger partial charge >= 0.3 is 0 Å². The van der Waals surface area contributed by atoms with Gasteiger partial charge in [0.1, 0.15) is 4.83 Å². The van der Waals surface area contributed by atoms with Gasteiger partial charge in [0.15, 0.2) is 5.16 Å². The van der Waals surface area contributed by atoms with Gasteiger partial charge in [-0.3, -0.25) is 14.3 Å². The van der Waals surface area contributed by atoms with E-state index in [-0.39, 0.29) is 17.8 Å². The number of aromatic nitrogens is 2. The van der Waals surface area contributed by atoms with Crippen molar-refractivity contribution in [3.63, 3.8) is 0 Å². The van der Waals surface area contributed by atoms with Crippen molar-refractivity contribution in [2.24, 2.45) is 5.92 Å². The molecule has 3 aliphatic rings. The molecule has 2 fully saturated rings. The minimum absolute atomic E-state index is 0.119. The molecule has 6 nitrogen and oxygen atoms in total. The van der Waals surface area contributed by atoms with E-state index in [0.29, 0.717) is 12.5 Å². The predicted molar refractivity (Wildman–Crippen MR) is 131 cm³/mol. The van der Waals surface area contributed by atoms with Gasteiger partial charge < -0.3 is 9.47 Å². The highest BCUT2D eigenvalue weighted by Gasteiger charge is 2.26. The number of ether oxygens (including phenoxy) is 2. The molecule has 2 unspecified atom stereocenters. The fraction of sp³-hybridized carbons (Fsp3) is 0.750. The minimum Gasteiger partial charge on any atom is -0.376 e. The Labute approximate surface area is 198 Å². The fourth-order valence-electron chi connectivity index (χ4n) is 5.21. The molecule has 2 saturated heterocycles. The van der Waals surface area contributed by atoms with Gasteiger partial charge in [0.05, 0.1) is 30.7 Å². The third-order valence-corrected chi connectivity index (χ3v) is 8.99. The summed E-state index contributed by atoms with van der Waals surface area (Å²) >= 11 is 3.42. The van der Waals surface area contributed by atoms with Crippen LogP contribution in [0.3, 0.4) is 0 Å². The van der Waals surface area contributed by atoms with E-state index in [2.05, 4.69) is 18.7 Å². The first kappa shape index (κ1) is 22.8. The van der Waals surface area contributed by atoms with Crippen LogP contribution in [0.5, 0.6) is 0 Å². The van der Waals surface area contributed by atoms with Crippen LogP contribution < -0.4 is 5.56 Å². The highest BCUT2D eigenvalue weighted by Crippen LogP contribution is 2.35. The zero-order chi connectivity index (χ0) is 22.1. The number of morpholine rings is 1. The number of thiophene rings is 1. The molecule has 2 aliphatic heterocycles. The number of thioether (sulfide) groups is 1. The summed E-state index contributed by atoms with van der Waals surface area (Å²) in [6.07, 6.45) is 6.88. The van der Waals surface area contributed by atoms with Crippen molar-refractivity contribution in [1.29, 1.82) is 0 Å². The van der Waals surface area contributed by atoms with E-state index >= 15 is 0 Å². The lowest BCUT2D eigenvalue weighted by molar-refractivity contribution is -0.0191. The van der Waals surface area contributed by atoms with E-state index in [1.54, 1.807) is 23.1 Å². The molecule has 2 aromatic rings. The molecule has 0 spiro atoms. The molecule has 0 N–H and O–H groups in total. The summed E-state index contributed by atoms with van der Waals surface area (Å²) in [5, 5.41) is 1.71. The van der Waals surface area contributed by atoms with Crippen LogP contribution in [0.15, 0.2) is 9.95 Å². The van der Waals surface area contributed by atoms with Gasteiger partial charge in [-0.25, -0.2) is 4.98 Å². The first-order chi connectivity index (χ1) is 15.6. The van der Waals surface area contributed by atoms with Crippen molar-refractivity contribution in [3.8, 4) is 0 Å². The van der Waals surface area contributed by atoms with Gasteiger partial charge in [-0.05, 0) is 50.0 Å². The van der Waals surface area contributed by atoms with Crippen LogP contribution in [0.1, 0.15) is 50.0 Å². The van der Waals surface area contributed by atoms with Gasteiger partial charge in [0.25, 0.3) is 5.56 Å². The molecule has 176 valence electrons. The van der Waals surface area contributed by atoms with Gasteiger partial charge in [-0.1, -0.05) is 25.6 Å². The fourth-order valence-corrected chi connectivity index (χ4v) is 7.53. The Hall–Kier alpha value is -0.930. The molecule has 0 bridgehead atoms. The van der Waals surface area contributed by atoms with Crippen LogP contribution >= 0.6 is 23.1 Å². The molecule has 1 aliphatic carbocycles. The van der Waals surface area contributed by atoms with Crippen LogP contribution in [-0.2, 0) is 28.9 Å². The minimum atomic E-state index is 0.119. The zero-order valence-corrected chi connectivity index (χ0v) is 20.9. The smallest absolute Gasteiger partial charge is 0.263 e. The second-order valence-electron chi connectivity index (χ2n) is 9.79. The number of aryl methyl sites for hydroxylation is 2. The maximum absolute atomic E-state index is 13.7. The maximum Gasteiger partial charge on any atom is 0.263 e. The van der Waals surface area contributed by atoms with Crippen LogP contribution in [0.4, 0.5) is 0 Å². The lowest BCUT2D eigenvalue weighted by atomic mass is 9.97. The number of fused-ring (bicyclic) bond motifs is 3. The average Bonchev–Trinajstić information content (AvgIpc) is 3.41. The lowest BCUT2D eigenvalue weighted by Gasteiger charge is -2.33. The molecule has 2 aromatic heterocycles. The SMILES string of the molecule is CC(C)CN1CCOC(CSc2nc3sc4c(c3c(=O)n2CC2CCCO2)CCCC4)C1. The van der Waals surface area contributed by atoms with Crippen molar-refractivity contribution in [1.82, 2.24) is 14.5 Å². The van der Waals surface area contributed by atoms with Crippen LogP contribution in [0.25, 0.3) is 10.2 Å². The Kier molecular flexibility index (Phi) is 7.24. The summed E-state index contributed by atoms with van der Waals surface area (Å²) in [5.41, 5.74) is 1.41. The Morgan fingerprint density at radius 1 is 1.16 bits per heavy atom. The maximum atomic E-state index is 13.7. The number of rotatable bonds is 7. The quantitative estimate of drug-likeness (QED) is 0.444. The van der Waals surface area contributed by atoms with Gasteiger partial charge in [0.2, 0.25) is 0 Å². The molecular weight excluding hydrogens is 442 g/mol. The van der Waals surface area contributed by atoms with E-state index < -0.39 is 0 Å². The average molecular weight is 478 g/mol. The van der Waals surface area contributed by atoms with E-state index in [0.717, 1.165) is 79.7 Å². The summed E-state index contributed by atoms with van der Waals surface area (Å²) < 4.78 is 13.9. The van der Waals surface area contributed by atoms with Crippen molar-refractivity contribution < 1.29 is 9.47 Å². The van der Waals surface area contributed by atoms with Crippen molar-refractivity contribution in [2.45, 2.75) is 76.3 Å². The van der Waals surface area contributed by atoms with E-state index in [1.165, 1.54) is 23.3 Å². The van der Waals surface area contributed by atoms with E-state index in [4.69, 9.17) is 14.5 Å². The summed E-state index contributed by atoms with van der Waals surface area (Å²) in [6, 6.07) is 0. The first-order valence-electron chi connectivity index (χ1n) is 12.2. The van der Waals surface area contributed by atoms with Gasteiger partial charge in [0, 0.05) is 36.9 Å². The van der Waals surface area contributed by atoms with Crippen molar-refractivity contribution >= 4 is 33.3 Å². The molecule has 8 heteroatoms. The summed E-state index contributed by atoms with van der Waals surface area (Å²) in [5.74, 6) is 1.48. The van der Waals surface area contributed by atoms with E-state index in [1.807, 2.05) is 4.57 Å². The molecule has 5 rings (SSSR count). The molecule has 0 radical (unpaired) electrons. The normalized spacial score (nSPS) is 24.5. The van der Waals surface area contributed by atoms with Crippen LogP contribution in [0.2, 0.25) is 0 Å². The summed E-state index contributed by atoms with van der Waals surface area (Å²) in [7, 11) is 0. The monoisotopic (exact) mass is 477 g/mol. The first-order valence-corrected chi connectivity index (χ1v) is 14.0. The molecule has 0 aromatic carbocycles. The second kappa shape index (κ2) is 10.1. The largest absolute Gasteiger partial charge is 0.376 e. The highest BCUT2D eigenvalue weighted by atomic mass is 32.2. The Morgan fingerprint density at radius 3 is 2.81 bits per heavy atom. The second-order valence-corrected chi connectivity index (χ2v) is 11.9. The molecule has 0 amide bonds. The summed E-state index contributed by atoms with van der Waals surface area (Å²) in [4.78, 5) is 23.6. The van der Waals surface area contributed by atoms with Gasteiger partial charge in [-0.2, -0.15) is 0 Å². The number of nitrogens with zero attached hydrogens (tertiary/aromatic N) is 3. The zero-order valence-electron chi connectivity index (χ0n) is 19.3. The van der Waals surface area contributed by atoms with Crippen molar-refractivity contribution in [2.75, 3.05) is 38.6 Å². The standard InChI is InChI=1S/C24H35N3O3S2/c1-16(2)12-26-9-11-30-18(13-26)15-31-24-25-22-21(19-7-3-4-8-20(19)32-22)23(28)27(24)14-17-6-5-10-29-17/h16-18H,3-15H2,1-2H3. The summed E-state index contributed by atoms with van der Waals surface area (Å²) in [6.45, 7) is 9.80. The lowest BCUT2D eigenvalue weighted by Crippen LogP contribution is -2.45. The van der Waals surface area contributed by atoms with Crippen LogP contribution in [0, 0.1) is 5.92 Å². The Bertz CT molecular complexity index is 997. The highest BCUT2D eigenvalue weighted by molar-refractivity contribution is 7.99. The topological polar surface area (TPSA) is 56.6 Å². The predicted octanol–water partition coefficient (Wildman–Crippen LogP) is 3.96. The Balaban J connectivity index is 1.41. The third-order valence-electron chi connectivity index (χ3n) is 6.69. The van der Waals surface area contributed by atoms with Crippen LogP contribution in [-0.4, -0.2) is 65.3 Å². The number of hydrogen-bond donors (Lipinski definition) is 0. The molecular formula is C24H35N3O3S2. The van der Waals surface area contributed by atoms with Crippen molar-refractivity contribution in [3.05, 3.63) is 20.8 Å². The van der Waals surface area contributed by atoms with E-state index in [9.17, 15) is 4.79 Å². The Morgan fingerprint density at radius 2 is 2.00 bits per heavy atom. The van der Waals surface area contributed by atoms with Gasteiger partial charge in [-0.15, -0.1) is 11.3 Å². The molecule has 32 heavy (non-hydrogen) atoms. The molecule has 0 saturated carbocycles. The molecule has 2 atom stereocenters.